The number of nitrogens with one attached hydrogen (secondary N) is 1. The standard InChI is InChI=1S/C18H33N3/c1-6-16-18(14(5)19-8-3)17(7-2)21(20-16)15-11-9-13(4)10-12-15/h13-15,19H,6-12H2,1-5H3. The second kappa shape index (κ2) is 7.44. The second-order valence-electron chi connectivity index (χ2n) is 6.65. The van der Waals surface area contributed by atoms with E-state index in [1.54, 1.807) is 0 Å². The van der Waals surface area contributed by atoms with E-state index in [0.29, 0.717) is 12.1 Å². The Morgan fingerprint density at radius 3 is 2.33 bits per heavy atom. The van der Waals surface area contributed by atoms with Gasteiger partial charge in [-0.3, -0.25) is 4.68 Å². The Balaban J connectivity index is 2.33. The molecule has 1 heterocycles. The van der Waals surface area contributed by atoms with Gasteiger partial charge in [0.25, 0.3) is 0 Å². The predicted octanol–water partition coefficient (Wildman–Crippen LogP) is 4.43. The van der Waals surface area contributed by atoms with Crippen LogP contribution in [0.4, 0.5) is 0 Å². The van der Waals surface area contributed by atoms with Crippen LogP contribution in [0, 0.1) is 5.92 Å². The number of hydrogen-bond acceptors (Lipinski definition) is 2. The Bertz CT molecular complexity index is 442. The van der Waals surface area contributed by atoms with Crippen molar-refractivity contribution in [3.8, 4) is 0 Å². The molecule has 120 valence electrons. The molecule has 2 rings (SSSR count). The smallest absolute Gasteiger partial charge is 0.0672 e. The third-order valence-corrected chi connectivity index (χ3v) is 5.07. The zero-order valence-corrected chi connectivity index (χ0v) is 14.6. The van der Waals surface area contributed by atoms with E-state index in [0.717, 1.165) is 25.3 Å². The van der Waals surface area contributed by atoms with Crippen molar-refractivity contribution in [2.45, 2.75) is 85.2 Å². The zero-order valence-electron chi connectivity index (χ0n) is 14.6. The second-order valence-corrected chi connectivity index (χ2v) is 6.65. The van der Waals surface area contributed by atoms with Crippen molar-refractivity contribution in [2.24, 2.45) is 5.92 Å². The first kappa shape index (κ1) is 16.5. The molecule has 1 fully saturated rings. The van der Waals surface area contributed by atoms with Gasteiger partial charge in [-0.2, -0.15) is 5.10 Å². The lowest BCUT2D eigenvalue weighted by Gasteiger charge is -2.28. The minimum atomic E-state index is 0.413. The Morgan fingerprint density at radius 2 is 1.81 bits per heavy atom. The fourth-order valence-electron chi connectivity index (χ4n) is 3.85. The van der Waals surface area contributed by atoms with Crippen molar-refractivity contribution in [3.63, 3.8) is 0 Å². The Kier molecular flexibility index (Phi) is 5.86. The number of aryl methyl sites for hydroxylation is 1. The first-order chi connectivity index (χ1) is 10.1. The highest BCUT2D eigenvalue weighted by molar-refractivity contribution is 5.30. The van der Waals surface area contributed by atoms with Gasteiger partial charge in [-0.15, -0.1) is 0 Å². The molecule has 1 aliphatic rings. The Morgan fingerprint density at radius 1 is 1.14 bits per heavy atom. The van der Waals surface area contributed by atoms with Crippen LogP contribution in [0.1, 0.15) is 89.3 Å². The van der Waals surface area contributed by atoms with Crippen LogP contribution in [0.15, 0.2) is 0 Å². The van der Waals surface area contributed by atoms with Crippen molar-refractivity contribution < 1.29 is 0 Å². The minimum absolute atomic E-state index is 0.413. The van der Waals surface area contributed by atoms with E-state index in [2.05, 4.69) is 44.6 Å². The minimum Gasteiger partial charge on any atom is -0.310 e. The van der Waals surface area contributed by atoms with Gasteiger partial charge in [0.2, 0.25) is 0 Å². The highest BCUT2D eigenvalue weighted by Crippen LogP contribution is 2.35. The molecule has 0 saturated heterocycles. The van der Waals surface area contributed by atoms with Crippen LogP contribution in [0.25, 0.3) is 0 Å². The fourth-order valence-corrected chi connectivity index (χ4v) is 3.85. The van der Waals surface area contributed by atoms with Gasteiger partial charge >= 0.3 is 0 Å². The molecular weight excluding hydrogens is 258 g/mol. The molecule has 0 spiro atoms. The number of rotatable bonds is 6. The van der Waals surface area contributed by atoms with Gasteiger partial charge in [-0.25, -0.2) is 0 Å². The SMILES string of the molecule is CCNC(C)c1c(CC)nn(C2CCC(C)CC2)c1CC. The summed E-state index contributed by atoms with van der Waals surface area (Å²) < 4.78 is 2.40. The van der Waals surface area contributed by atoms with Crippen molar-refractivity contribution in [2.75, 3.05) is 6.54 Å². The van der Waals surface area contributed by atoms with E-state index in [4.69, 9.17) is 5.10 Å². The van der Waals surface area contributed by atoms with Crippen molar-refractivity contribution in [3.05, 3.63) is 17.0 Å². The molecule has 1 N–H and O–H groups in total. The van der Waals surface area contributed by atoms with Crippen LogP contribution < -0.4 is 5.32 Å². The molecule has 1 aromatic rings. The third-order valence-electron chi connectivity index (χ3n) is 5.07. The van der Waals surface area contributed by atoms with Crippen LogP contribution in [0.2, 0.25) is 0 Å². The summed E-state index contributed by atoms with van der Waals surface area (Å²) in [6.07, 6.45) is 7.43. The molecular formula is C18H33N3. The lowest BCUT2D eigenvalue weighted by atomic mass is 9.87. The van der Waals surface area contributed by atoms with Gasteiger partial charge in [0, 0.05) is 17.3 Å². The topological polar surface area (TPSA) is 29.9 Å². The summed E-state index contributed by atoms with van der Waals surface area (Å²) in [7, 11) is 0. The van der Waals surface area contributed by atoms with Gasteiger partial charge in [0.15, 0.2) is 0 Å². The quantitative estimate of drug-likeness (QED) is 0.840. The summed E-state index contributed by atoms with van der Waals surface area (Å²) in [4.78, 5) is 0. The first-order valence-electron chi connectivity index (χ1n) is 8.95. The number of nitrogens with zero attached hydrogens (tertiary/aromatic N) is 2. The summed E-state index contributed by atoms with van der Waals surface area (Å²) in [5.74, 6) is 0.896. The van der Waals surface area contributed by atoms with E-state index in [1.807, 2.05) is 0 Å². The molecule has 1 saturated carbocycles. The molecule has 21 heavy (non-hydrogen) atoms. The van der Waals surface area contributed by atoms with Crippen LogP contribution in [0.5, 0.6) is 0 Å². The maximum atomic E-state index is 5.03. The molecule has 1 aromatic heterocycles. The first-order valence-corrected chi connectivity index (χ1v) is 8.95. The average molecular weight is 291 g/mol. The molecule has 0 bridgehead atoms. The maximum absolute atomic E-state index is 5.03. The highest BCUT2D eigenvalue weighted by atomic mass is 15.3. The maximum Gasteiger partial charge on any atom is 0.0672 e. The highest BCUT2D eigenvalue weighted by Gasteiger charge is 2.26. The van der Waals surface area contributed by atoms with Crippen molar-refractivity contribution in [1.29, 1.82) is 0 Å². The zero-order chi connectivity index (χ0) is 15.4. The average Bonchev–Trinajstić information content (AvgIpc) is 2.86. The van der Waals surface area contributed by atoms with Gasteiger partial charge in [0.05, 0.1) is 11.7 Å². The largest absolute Gasteiger partial charge is 0.310 e. The van der Waals surface area contributed by atoms with E-state index in [1.165, 1.54) is 42.6 Å². The lowest BCUT2D eigenvalue weighted by molar-refractivity contribution is 0.268. The van der Waals surface area contributed by atoms with E-state index in [9.17, 15) is 0 Å². The van der Waals surface area contributed by atoms with Crippen LogP contribution in [-0.2, 0) is 12.8 Å². The van der Waals surface area contributed by atoms with Gasteiger partial charge < -0.3 is 5.32 Å². The summed E-state index contributed by atoms with van der Waals surface area (Å²) in [6, 6.07) is 1.04. The summed E-state index contributed by atoms with van der Waals surface area (Å²) in [5.41, 5.74) is 4.25. The number of aromatic nitrogens is 2. The van der Waals surface area contributed by atoms with Crippen LogP contribution in [0.3, 0.4) is 0 Å². The fraction of sp³-hybridized carbons (Fsp3) is 0.833. The summed E-state index contributed by atoms with van der Waals surface area (Å²) in [5, 5.41) is 8.61. The van der Waals surface area contributed by atoms with Crippen molar-refractivity contribution >= 4 is 0 Å². The van der Waals surface area contributed by atoms with Crippen LogP contribution in [-0.4, -0.2) is 16.3 Å². The lowest BCUT2D eigenvalue weighted by Crippen LogP contribution is -2.22. The molecule has 0 aliphatic heterocycles. The van der Waals surface area contributed by atoms with Gasteiger partial charge in [-0.1, -0.05) is 27.7 Å². The monoisotopic (exact) mass is 291 g/mol. The molecule has 3 nitrogen and oxygen atoms in total. The van der Waals surface area contributed by atoms with E-state index < -0.39 is 0 Å². The van der Waals surface area contributed by atoms with E-state index >= 15 is 0 Å². The Hall–Kier alpha value is -0.830. The third kappa shape index (κ3) is 3.50. The molecule has 0 radical (unpaired) electrons. The normalized spacial score (nSPS) is 24.2. The molecule has 0 aromatic carbocycles. The van der Waals surface area contributed by atoms with Gasteiger partial charge in [-0.05, 0) is 57.9 Å². The predicted molar refractivity (Wildman–Crippen MR) is 89.7 cm³/mol. The van der Waals surface area contributed by atoms with Crippen molar-refractivity contribution in [1.82, 2.24) is 15.1 Å². The summed E-state index contributed by atoms with van der Waals surface area (Å²) >= 11 is 0. The Labute approximate surface area is 130 Å². The molecule has 1 unspecified atom stereocenters. The van der Waals surface area contributed by atoms with Crippen LogP contribution >= 0.6 is 0 Å². The number of hydrogen-bond donors (Lipinski definition) is 1. The van der Waals surface area contributed by atoms with E-state index in [-0.39, 0.29) is 0 Å². The molecule has 3 heteroatoms. The van der Waals surface area contributed by atoms with Gasteiger partial charge in [0.1, 0.15) is 0 Å². The molecule has 1 aliphatic carbocycles. The molecule has 1 atom stereocenters. The summed E-state index contributed by atoms with van der Waals surface area (Å²) in [6.45, 7) is 12.4. The molecule has 0 amide bonds.